The van der Waals surface area contributed by atoms with Gasteiger partial charge in [-0.2, -0.15) is 0 Å². The molecule has 0 saturated heterocycles. The van der Waals surface area contributed by atoms with Crippen molar-refractivity contribution >= 4 is 29.4 Å². The number of halogens is 1. The second-order valence-corrected chi connectivity index (χ2v) is 9.99. The molecule has 162 valence electrons. The lowest BCUT2D eigenvalue weighted by Gasteiger charge is -2.19. The van der Waals surface area contributed by atoms with Crippen LogP contribution in [0.5, 0.6) is 0 Å². The number of rotatable bonds is 6. The van der Waals surface area contributed by atoms with Crippen molar-refractivity contribution in [2.75, 3.05) is 5.75 Å². The SMILES string of the molecule is CC(C)(C)c1ccc(-c2nnc(SC/C=C/c3ccccc3)n2-c2ccc(Cl)cc2)cc1. The van der Waals surface area contributed by atoms with Gasteiger partial charge < -0.3 is 0 Å². The van der Waals surface area contributed by atoms with Crippen molar-refractivity contribution in [3.8, 4) is 17.1 Å². The molecule has 3 aromatic carbocycles. The summed E-state index contributed by atoms with van der Waals surface area (Å²) in [5.41, 5.74) is 4.61. The van der Waals surface area contributed by atoms with Crippen LogP contribution in [-0.4, -0.2) is 20.5 Å². The Labute approximate surface area is 199 Å². The first kappa shape index (κ1) is 22.4. The van der Waals surface area contributed by atoms with Gasteiger partial charge in [-0.3, -0.25) is 4.57 Å². The number of nitrogens with zero attached hydrogens (tertiary/aromatic N) is 3. The van der Waals surface area contributed by atoms with Gasteiger partial charge in [0.25, 0.3) is 0 Å². The Morgan fingerprint density at radius 1 is 0.875 bits per heavy atom. The van der Waals surface area contributed by atoms with Crippen LogP contribution in [0.4, 0.5) is 0 Å². The molecular weight excluding hydrogens is 434 g/mol. The molecule has 0 unspecified atom stereocenters. The van der Waals surface area contributed by atoms with Gasteiger partial charge in [-0.1, -0.05) is 111 Å². The summed E-state index contributed by atoms with van der Waals surface area (Å²) in [5.74, 6) is 1.62. The molecule has 0 aliphatic heterocycles. The van der Waals surface area contributed by atoms with E-state index >= 15 is 0 Å². The zero-order valence-electron chi connectivity index (χ0n) is 18.5. The minimum absolute atomic E-state index is 0.106. The fourth-order valence-corrected chi connectivity index (χ4v) is 4.25. The van der Waals surface area contributed by atoms with E-state index in [2.05, 4.69) is 84.1 Å². The first-order valence-corrected chi connectivity index (χ1v) is 11.9. The van der Waals surface area contributed by atoms with E-state index in [1.807, 2.05) is 42.5 Å². The molecule has 4 rings (SSSR count). The molecule has 0 bridgehead atoms. The van der Waals surface area contributed by atoms with E-state index in [0.717, 1.165) is 28.0 Å². The highest BCUT2D eigenvalue weighted by atomic mass is 35.5. The van der Waals surface area contributed by atoms with Gasteiger partial charge in [-0.15, -0.1) is 10.2 Å². The van der Waals surface area contributed by atoms with Crippen molar-refractivity contribution in [1.82, 2.24) is 14.8 Å². The Bertz CT molecular complexity index is 1190. The first-order chi connectivity index (χ1) is 15.4. The van der Waals surface area contributed by atoms with E-state index in [1.165, 1.54) is 11.1 Å². The number of benzene rings is 3. The van der Waals surface area contributed by atoms with Crippen LogP contribution >= 0.6 is 23.4 Å². The Morgan fingerprint density at radius 3 is 2.22 bits per heavy atom. The smallest absolute Gasteiger partial charge is 0.196 e. The molecular formula is C27H26ClN3S. The fraction of sp³-hybridized carbons (Fsp3) is 0.185. The van der Waals surface area contributed by atoms with E-state index < -0.39 is 0 Å². The molecule has 0 atom stereocenters. The molecule has 0 spiro atoms. The second kappa shape index (κ2) is 9.76. The molecule has 3 nitrogen and oxygen atoms in total. The standard InChI is InChI=1S/C27H26ClN3S/c1-27(2,3)22-13-11-21(12-14-22)25-29-30-26(31(25)24-17-15-23(28)16-18-24)32-19-7-10-20-8-5-4-6-9-20/h4-18H,19H2,1-3H3/b10-7+. The highest BCUT2D eigenvalue weighted by molar-refractivity contribution is 7.99. The maximum atomic E-state index is 6.14. The zero-order valence-corrected chi connectivity index (χ0v) is 20.1. The van der Waals surface area contributed by atoms with Crippen molar-refractivity contribution in [2.24, 2.45) is 0 Å². The first-order valence-electron chi connectivity index (χ1n) is 10.6. The van der Waals surface area contributed by atoms with Crippen molar-refractivity contribution < 1.29 is 0 Å². The van der Waals surface area contributed by atoms with Gasteiger partial charge in [0, 0.05) is 22.0 Å². The predicted molar refractivity (Wildman–Crippen MR) is 137 cm³/mol. The lowest BCUT2D eigenvalue weighted by molar-refractivity contribution is 0.590. The highest BCUT2D eigenvalue weighted by Gasteiger charge is 2.18. The van der Waals surface area contributed by atoms with E-state index in [9.17, 15) is 0 Å². The summed E-state index contributed by atoms with van der Waals surface area (Å²) in [6.45, 7) is 6.65. The molecule has 1 aromatic heterocycles. The molecule has 0 radical (unpaired) electrons. The molecule has 0 aliphatic carbocycles. The summed E-state index contributed by atoms with van der Waals surface area (Å²) in [5, 5.41) is 10.6. The third kappa shape index (κ3) is 5.32. The fourth-order valence-electron chi connectivity index (χ4n) is 3.36. The van der Waals surface area contributed by atoms with Crippen molar-refractivity contribution in [3.63, 3.8) is 0 Å². The van der Waals surface area contributed by atoms with Gasteiger partial charge in [0.15, 0.2) is 11.0 Å². The van der Waals surface area contributed by atoms with Gasteiger partial charge in [-0.25, -0.2) is 0 Å². The Hall–Kier alpha value is -2.82. The van der Waals surface area contributed by atoms with Crippen molar-refractivity contribution in [2.45, 2.75) is 31.3 Å². The van der Waals surface area contributed by atoms with Crippen LogP contribution in [0, 0.1) is 0 Å². The third-order valence-electron chi connectivity index (χ3n) is 5.15. The summed E-state index contributed by atoms with van der Waals surface area (Å²) in [4.78, 5) is 0. The average molecular weight is 460 g/mol. The highest BCUT2D eigenvalue weighted by Crippen LogP contribution is 2.30. The summed E-state index contributed by atoms with van der Waals surface area (Å²) < 4.78 is 2.10. The van der Waals surface area contributed by atoms with Crippen LogP contribution in [0.25, 0.3) is 23.2 Å². The van der Waals surface area contributed by atoms with E-state index in [0.29, 0.717) is 5.02 Å². The van der Waals surface area contributed by atoms with Crippen LogP contribution in [0.3, 0.4) is 0 Å². The van der Waals surface area contributed by atoms with E-state index in [-0.39, 0.29) is 5.41 Å². The van der Waals surface area contributed by atoms with Crippen LogP contribution in [0.1, 0.15) is 31.9 Å². The van der Waals surface area contributed by atoms with E-state index in [4.69, 9.17) is 11.6 Å². The van der Waals surface area contributed by atoms with Crippen molar-refractivity contribution in [1.29, 1.82) is 0 Å². The topological polar surface area (TPSA) is 30.7 Å². The molecule has 4 aromatic rings. The van der Waals surface area contributed by atoms with Crippen LogP contribution in [0.15, 0.2) is 90.1 Å². The molecule has 0 amide bonds. The lowest BCUT2D eigenvalue weighted by Crippen LogP contribution is -2.10. The second-order valence-electron chi connectivity index (χ2n) is 8.57. The summed E-state index contributed by atoms with van der Waals surface area (Å²) in [6, 6.07) is 26.7. The summed E-state index contributed by atoms with van der Waals surface area (Å²) in [7, 11) is 0. The normalized spacial score (nSPS) is 11.9. The number of aromatic nitrogens is 3. The van der Waals surface area contributed by atoms with E-state index in [1.54, 1.807) is 11.8 Å². The maximum Gasteiger partial charge on any atom is 0.196 e. The minimum Gasteiger partial charge on any atom is -0.270 e. The van der Waals surface area contributed by atoms with Gasteiger partial charge >= 0.3 is 0 Å². The zero-order chi connectivity index (χ0) is 22.6. The van der Waals surface area contributed by atoms with Gasteiger partial charge in [-0.05, 0) is 40.8 Å². The molecule has 0 N–H and O–H groups in total. The molecule has 0 fully saturated rings. The molecule has 0 aliphatic rings. The number of thioether (sulfide) groups is 1. The summed E-state index contributed by atoms with van der Waals surface area (Å²) >= 11 is 7.79. The Balaban J connectivity index is 1.64. The molecule has 32 heavy (non-hydrogen) atoms. The van der Waals surface area contributed by atoms with Gasteiger partial charge in [0.1, 0.15) is 0 Å². The van der Waals surface area contributed by atoms with Gasteiger partial charge in [0.2, 0.25) is 0 Å². The Morgan fingerprint density at radius 2 is 1.56 bits per heavy atom. The maximum absolute atomic E-state index is 6.14. The van der Waals surface area contributed by atoms with Crippen molar-refractivity contribution in [3.05, 3.63) is 101 Å². The number of hydrogen-bond acceptors (Lipinski definition) is 3. The molecule has 5 heteroatoms. The lowest BCUT2D eigenvalue weighted by atomic mass is 9.87. The Kier molecular flexibility index (Phi) is 6.83. The average Bonchev–Trinajstić information content (AvgIpc) is 3.21. The monoisotopic (exact) mass is 459 g/mol. The summed E-state index contributed by atoms with van der Waals surface area (Å²) in [6.07, 6.45) is 4.28. The largest absolute Gasteiger partial charge is 0.270 e. The minimum atomic E-state index is 0.106. The molecule has 1 heterocycles. The predicted octanol–water partition coefficient (Wildman–Crippen LogP) is 7.69. The van der Waals surface area contributed by atoms with Crippen LogP contribution in [-0.2, 0) is 5.41 Å². The quantitative estimate of drug-likeness (QED) is 0.277. The van der Waals surface area contributed by atoms with Gasteiger partial charge in [0.05, 0.1) is 0 Å². The van der Waals surface area contributed by atoms with Crippen LogP contribution in [0.2, 0.25) is 5.02 Å². The molecule has 0 saturated carbocycles. The van der Waals surface area contributed by atoms with Crippen LogP contribution < -0.4 is 0 Å². The third-order valence-corrected chi connectivity index (χ3v) is 6.28. The number of hydrogen-bond donors (Lipinski definition) is 0.